The van der Waals surface area contributed by atoms with Crippen molar-refractivity contribution in [3.05, 3.63) is 54.9 Å². The van der Waals surface area contributed by atoms with Crippen LogP contribution >= 0.6 is 11.8 Å². The van der Waals surface area contributed by atoms with E-state index in [0.717, 1.165) is 0 Å². The summed E-state index contributed by atoms with van der Waals surface area (Å²) in [6.45, 7) is 4.12. The van der Waals surface area contributed by atoms with Crippen molar-refractivity contribution in [3.8, 4) is 0 Å². The van der Waals surface area contributed by atoms with E-state index in [2.05, 4.69) is 16.7 Å². The molecule has 0 N–H and O–H groups in total. The van der Waals surface area contributed by atoms with Crippen LogP contribution in [0.2, 0.25) is 0 Å². The molecular formula is C14H12FN3OS. The molecule has 1 aliphatic heterocycles. The largest absolute Gasteiger partial charge is 0.292 e. The van der Waals surface area contributed by atoms with E-state index in [1.54, 1.807) is 23.2 Å². The minimum absolute atomic E-state index is 0.00657. The molecule has 0 saturated carbocycles. The molecule has 1 aromatic heterocycles. The fourth-order valence-electron chi connectivity index (χ4n) is 2.38. The van der Waals surface area contributed by atoms with Crippen LogP contribution in [0.4, 0.5) is 4.39 Å². The lowest BCUT2D eigenvalue weighted by Gasteiger charge is -2.24. The molecule has 1 aromatic carbocycles. The monoisotopic (exact) mass is 289 g/mol. The van der Waals surface area contributed by atoms with E-state index in [9.17, 15) is 9.18 Å². The molecule has 6 heteroatoms. The van der Waals surface area contributed by atoms with Gasteiger partial charge in [0.05, 0.1) is 6.54 Å². The number of ketones is 1. The summed E-state index contributed by atoms with van der Waals surface area (Å²) < 4.78 is 14.2. The number of carbonyl (C=O) groups is 1. The maximum Gasteiger partial charge on any atom is 0.182 e. The summed E-state index contributed by atoms with van der Waals surface area (Å²) in [6.07, 6.45) is 5.21. The number of benzene rings is 1. The molecule has 2 aromatic rings. The number of hydrogen-bond acceptors (Lipinski definition) is 4. The summed E-state index contributed by atoms with van der Waals surface area (Å²) in [7, 11) is 0. The molecule has 0 aliphatic carbocycles. The summed E-state index contributed by atoms with van der Waals surface area (Å²) in [6, 6.07) is 4.27. The molecular weight excluding hydrogens is 277 g/mol. The third-order valence-corrected chi connectivity index (χ3v) is 4.70. The van der Waals surface area contributed by atoms with Crippen LogP contribution in [-0.2, 0) is 6.54 Å². The lowest BCUT2D eigenvalue weighted by Crippen LogP contribution is -2.36. The molecule has 20 heavy (non-hydrogen) atoms. The van der Waals surface area contributed by atoms with Gasteiger partial charge in [-0.1, -0.05) is 6.08 Å². The Morgan fingerprint density at radius 1 is 1.50 bits per heavy atom. The molecule has 3 rings (SSSR count). The van der Waals surface area contributed by atoms with Crippen LogP contribution in [0.1, 0.15) is 16.8 Å². The van der Waals surface area contributed by atoms with Gasteiger partial charge in [0.25, 0.3) is 0 Å². The Morgan fingerprint density at radius 3 is 3.05 bits per heavy atom. The van der Waals surface area contributed by atoms with Crippen molar-refractivity contribution in [3.63, 3.8) is 0 Å². The molecule has 102 valence electrons. The summed E-state index contributed by atoms with van der Waals surface area (Å²) in [5, 5.41) is 4.05. The van der Waals surface area contributed by atoms with Gasteiger partial charge in [0.1, 0.15) is 23.2 Å². The smallest absolute Gasteiger partial charge is 0.182 e. The maximum atomic E-state index is 13.3. The molecule has 0 spiro atoms. The first-order chi connectivity index (χ1) is 9.64. The highest BCUT2D eigenvalue weighted by Gasteiger charge is 2.46. The van der Waals surface area contributed by atoms with Crippen LogP contribution in [0.25, 0.3) is 0 Å². The van der Waals surface area contributed by atoms with E-state index < -0.39 is 4.75 Å². The SMILES string of the molecule is C=CCC1(Cn2cncn2)Sc2cc(F)ccc2C1=O. The van der Waals surface area contributed by atoms with E-state index in [4.69, 9.17) is 0 Å². The highest BCUT2D eigenvalue weighted by atomic mass is 32.2. The van der Waals surface area contributed by atoms with Crippen molar-refractivity contribution in [1.82, 2.24) is 14.8 Å². The Hall–Kier alpha value is -1.95. The zero-order valence-corrected chi connectivity index (χ0v) is 11.4. The molecule has 0 fully saturated rings. The second kappa shape index (κ2) is 4.86. The summed E-state index contributed by atoms with van der Waals surface area (Å²) in [5.74, 6) is -0.341. The quantitative estimate of drug-likeness (QED) is 0.812. The van der Waals surface area contributed by atoms with Crippen LogP contribution in [-0.4, -0.2) is 25.3 Å². The van der Waals surface area contributed by atoms with Crippen molar-refractivity contribution in [2.24, 2.45) is 0 Å². The van der Waals surface area contributed by atoms with Crippen molar-refractivity contribution in [1.29, 1.82) is 0 Å². The fourth-order valence-corrected chi connectivity index (χ4v) is 3.85. The second-order valence-electron chi connectivity index (χ2n) is 4.65. The molecule has 4 nitrogen and oxygen atoms in total. The number of thioether (sulfide) groups is 1. The van der Waals surface area contributed by atoms with Gasteiger partial charge in [0, 0.05) is 10.5 Å². The number of allylic oxidation sites excluding steroid dienone is 1. The fraction of sp³-hybridized carbons (Fsp3) is 0.214. The van der Waals surface area contributed by atoms with Crippen LogP contribution in [0.3, 0.4) is 0 Å². The Labute approximate surface area is 119 Å². The first-order valence-electron chi connectivity index (χ1n) is 6.11. The van der Waals surface area contributed by atoms with Gasteiger partial charge in [-0.25, -0.2) is 9.37 Å². The van der Waals surface area contributed by atoms with Crippen molar-refractivity contribution >= 4 is 17.5 Å². The standard InChI is InChI=1S/C14H12FN3OS/c1-2-5-14(7-18-9-16-8-17-18)13(19)11-4-3-10(15)6-12(11)20-14/h2-4,6,8-9H,1,5,7H2. The van der Waals surface area contributed by atoms with Crippen molar-refractivity contribution in [2.45, 2.75) is 22.6 Å². The number of rotatable bonds is 4. The predicted molar refractivity (Wildman–Crippen MR) is 74.2 cm³/mol. The molecule has 0 amide bonds. The lowest BCUT2D eigenvalue weighted by atomic mass is 9.94. The number of carbonyl (C=O) groups excluding carboxylic acids is 1. The molecule has 1 unspecified atom stereocenters. The molecule has 1 aliphatic rings. The normalized spacial score (nSPS) is 20.9. The summed E-state index contributed by atoms with van der Waals surface area (Å²) in [5.41, 5.74) is 0.568. The van der Waals surface area contributed by atoms with E-state index in [-0.39, 0.29) is 11.6 Å². The van der Waals surface area contributed by atoms with Crippen LogP contribution in [0.5, 0.6) is 0 Å². The van der Waals surface area contributed by atoms with Crippen molar-refractivity contribution < 1.29 is 9.18 Å². The molecule has 2 heterocycles. The van der Waals surface area contributed by atoms with Gasteiger partial charge in [0.15, 0.2) is 5.78 Å². The predicted octanol–water partition coefficient (Wildman–Crippen LogP) is 2.72. The topological polar surface area (TPSA) is 47.8 Å². The van der Waals surface area contributed by atoms with E-state index in [1.165, 1.54) is 30.2 Å². The van der Waals surface area contributed by atoms with Crippen LogP contribution in [0.15, 0.2) is 48.4 Å². The summed E-state index contributed by atoms with van der Waals surface area (Å²) in [4.78, 5) is 17.3. The average Bonchev–Trinajstić information content (AvgIpc) is 2.99. The number of aromatic nitrogens is 3. The van der Waals surface area contributed by atoms with Crippen LogP contribution < -0.4 is 0 Å². The molecule has 1 atom stereocenters. The number of fused-ring (bicyclic) bond motifs is 1. The number of nitrogens with zero attached hydrogens (tertiary/aromatic N) is 3. The Kier molecular flexibility index (Phi) is 3.17. The number of Topliss-reactive ketones (excluding diaryl/α,β-unsaturated/α-hetero) is 1. The molecule has 0 bridgehead atoms. The minimum Gasteiger partial charge on any atom is -0.292 e. The van der Waals surface area contributed by atoms with Gasteiger partial charge in [-0.05, 0) is 24.6 Å². The van der Waals surface area contributed by atoms with Crippen LogP contribution in [0, 0.1) is 5.82 Å². The molecule has 0 radical (unpaired) electrons. The maximum absolute atomic E-state index is 13.3. The Morgan fingerprint density at radius 2 is 2.35 bits per heavy atom. The highest BCUT2D eigenvalue weighted by Crippen LogP contribution is 2.48. The van der Waals surface area contributed by atoms with E-state index in [1.807, 2.05) is 0 Å². The third kappa shape index (κ3) is 2.06. The zero-order chi connectivity index (χ0) is 14.2. The van der Waals surface area contributed by atoms with Gasteiger partial charge in [-0.3, -0.25) is 9.48 Å². The van der Waals surface area contributed by atoms with Gasteiger partial charge < -0.3 is 0 Å². The van der Waals surface area contributed by atoms with Gasteiger partial charge >= 0.3 is 0 Å². The average molecular weight is 289 g/mol. The Bertz CT molecular complexity index is 671. The Balaban J connectivity index is 2.01. The van der Waals surface area contributed by atoms with Gasteiger partial charge in [-0.2, -0.15) is 5.10 Å². The highest BCUT2D eigenvalue weighted by molar-refractivity contribution is 8.02. The first-order valence-corrected chi connectivity index (χ1v) is 6.93. The van der Waals surface area contributed by atoms with Gasteiger partial charge in [-0.15, -0.1) is 18.3 Å². The number of halogens is 1. The molecule has 0 saturated heterocycles. The minimum atomic E-state index is -0.717. The first kappa shape index (κ1) is 13.1. The third-order valence-electron chi connectivity index (χ3n) is 3.27. The van der Waals surface area contributed by atoms with Crippen molar-refractivity contribution in [2.75, 3.05) is 0 Å². The zero-order valence-electron chi connectivity index (χ0n) is 10.6. The number of hydrogen-bond donors (Lipinski definition) is 0. The second-order valence-corrected chi connectivity index (χ2v) is 6.08. The van der Waals surface area contributed by atoms with E-state index in [0.29, 0.717) is 23.4 Å². The summed E-state index contributed by atoms with van der Waals surface area (Å²) >= 11 is 1.38. The van der Waals surface area contributed by atoms with E-state index >= 15 is 0 Å². The van der Waals surface area contributed by atoms with Gasteiger partial charge in [0.2, 0.25) is 0 Å². The lowest BCUT2D eigenvalue weighted by molar-refractivity contribution is 0.0935.